The fraction of sp³-hybridized carbons (Fsp3) is 0.500. The Morgan fingerprint density at radius 2 is 2.25 bits per heavy atom. The molecule has 6 nitrogen and oxygen atoms in total. The zero-order chi connectivity index (χ0) is 17.1. The van der Waals surface area contributed by atoms with Gasteiger partial charge in [-0.2, -0.15) is 0 Å². The average Bonchev–Trinajstić information content (AvgIpc) is 3.15. The van der Waals surface area contributed by atoms with Crippen molar-refractivity contribution in [1.29, 1.82) is 0 Å². The molecule has 2 aromatic heterocycles. The van der Waals surface area contributed by atoms with Crippen molar-refractivity contribution in [2.24, 2.45) is 11.7 Å². The van der Waals surface area contributed by atoms with E-state index in [1.54, 1.807) is 0 Å². The van der Waals surface area contributed by atoms with Crippen molar-refractivity contribution in [2.45, 2.75) is 33.1 Å². The number of carbonyl (C=O) groups is 1. The summed E-state index contributed by atoms with van der Waals surface area (Å²) in [4.78, 5) is 18.7. The Bertz CT molecular complexity index is 706. The van der Waals surface area contributed by atoms with Gasteiger partial charge >= 0.3 is 0 Å². The molecule has 1 aliphatic rings. The summed E-state index contributed by atoms with van der Waals surface area (Å²) in [6.07, 6.45) is 2.34. The third-order valence-electron chi connectivity index (χ3n) is 4.59. The first-order valence-corrected chi connectivity index (χ1v) is 8.45. The fourth-order valence-corrected chi connectivity index (χ4v) is 3.38. The molecule has 3 heterocycles. The van der Waals surface area contributed by atoms with Gasteiger partial charge in [0.25, 0.3) is 0 Å². The van der Waals surface area contributed by atoms with Crippen LogP contribution in [0.4, 0.5) is 0 Å². The van der Waals surface area contributed by atoms with E-state index in [1.807, 2.05) is 36.9 Å². The lowest BCUT2D eigenvalue weighted by Gasteiger charge is -2.16. The van der Waals surface area contributed by atoms with E-state index in [4.69, 9.17) is 15.2 Å². The van der Waals surface area contributed by atoms with E-state index in [2.05, 4.69) is 5.16 Å². The third-order valence-corrected chi connectivity index (χ3v) is 4.59. The van der Waals surface area contributed by atoms with E-state index in [9.17, 15) is 4.79 Å². The van der Waals surface area contributed by atoms with Crippen LogP contribution in [0.25, 0.3) is 11.3 Å². The summed E-state index contributed by atoms with van der Waals surface area (Å²) >= 11 is 0. The number of aromatic nitrogens is 2. The summed E-state index contributed by atoms with van der Waals surface area (Å²) in [6, 6.07) is 6.06. The van der Waals surface area contributed by atoms with Gasteiger partial charge in [0, 0.05) is 31.7 Å². The summed E-state index contributed by atoms with van der Waals surface area (Å²) in [5.74, 6) is 1.41. The van der Waals surface area contributed by atoms with Gasteiger partial charge in [-0.15, -0.1) is 0 Å². The van der Waals surface area contributed by atoms with Gasteiger partial charge < -0.3 is 15.2 Å². The number of nitrogens with two attached hydrogens (primary N) is 1. The van der Waals surface area contributed by atoms with Crippen LogP contribution in [0.3, 0.4) is 0 Å². The van der Waals surface area contributed by atoms with Gasteiger partial charge in [0.05, 0.1) is 17.0 Å². The number of hydrogen-bond donors (Lipinski definition) is 1. The number of rotatable bonds is 5. The minimum atomic E-state index is 0.164. The zero-order valence-electron chi connectivity index (χ0n) is 14.3. The molecule has 1 fully saturated rings. The third kappa shape index (κ3) is 3.48. The number of hydrogen-bond acceptors (Lipinski definition) is 5. The molecule has 0 bridgehead atoms. The fourth-order valence-electron chi connectivity index (χ4n) is 3.38. The van der Waals surface area contributed by atoms with Gasteiger partial charge in [0.2, 0.25) is 5.91 Å². The van der Waals surface area contributed by atoms with Crippen LogP contribution >= 0.6 is 0 Å². The molecule has 0 saturated carbocycles. The summed E-state index contributed by atoms with van der Waals surface area (Å²) in [7, 11) is 0. The summed E-state index contributed by atoms with van der Waals surface area (Å²) in [5.41, 5.74) is 9.25. The predicted molar refractivity (Wildman–Crippen MR) is 91.3 cm³/mol. The monoisotopic (exact) mass is 328 g/mol. The molecule has 0 aromatic carbocycles. The molecule has 128 valence electrons. The van der Waals surface area contributed by atoms with Crippen molar-refractivity contribution in [1.82, 2.24) is 15.0 Å². The number of pyridine rings is 1. The lowest BCUT2D eigenvalue weighted by molar-refractivity contribution is -0.130. The first kappa shape index (κ1) is 16.6. The van der Waals surface area contributed by atoms with Gasteiger partial charge in [-0.3, -0.25) is 9.78 Å². The number of amides is 1. The first-order chi connectivity index (χ1) is 11.6. The molecule has 0 spiro atoms. The van der Waals surface area contributed by atoms with Gasteiger partial charge in [-0.1, -0.05) is 11.2 Å². The highest BCUT2D eigenvalue weighted by atomic mass is 16.5. The minimum Gasteiger partial charge on any atom is -0.361 e. The maximum atomic E-state index is 11.9. The van der Waals surface area contributed by atoms with Crippen molar-refractivity contribution in [3.8, 4) is 11.3 Å². The van der Waals surface area contributed by atoms with E-state index >= 15 is 0 Å². The smallest absolute Gasteiger partial charge is 0.223 e. The molecule has 1 aliphatic heterocycles. The normalized spacial score (nSPS) is 17.5. The Morgan fingerprint density at radius 3 is 2.96 bits per heavy atom. The number of carbonyl (C=O) groups excluding carboxylic acids is 1. The molecule has 1 amide bonds. The lowest BCUT2D eigenvalue weighted by atomic mass is 10.0. The van der Waals surface area contributed by atoms with E-state index in [0.29, 0.717) is 18.9 Å². The van der Waals surface area contributed by atoms with Crippen molar-refractivity contribution in [3.05, 3.63) is 35.3 Å². The Kier molecular flexibility index (Phi) is 4.94. The Balaban J connectivity index is 1.69. The Hall–Kier alpha value is -2.21. The molecule has 2 N–H and O–H groups in total. The van der Waals surface area contributed by atoms with Crippen molar-refractivity contribution in [2.75, 3.05) is 19.6 Å². The molecule has 1 saturated heterocycles. The lowest BCUT2D eigenvalue weighted by Crippen LogP contribution is -2.30. The SMILES string of the molecule is Cc1noc(C)c1-c1cccc(CC2CCN(C(=O)CCN)C2)n1. The maximum absolute atomic E-state index is 11.9. The topological polar surface area (TPSA) is 85.2 Å². The number of aryl methyl sites for hydroxylation is 2. The predicted octanol–water partition coefficient (Wildman–Crippen LogP) is 2.09. The van der Waals surface area contributed by atoms with Crippen LogP contribution in [0.5, 0.6) is 0 Å². The van der Waals surface area contributed by atoms with E-state index in [-0.39, 0.29) is 5.91 Å². The molecular weight excluding hydrogens is 304 g/mol. The maximum Gasteiger partial charge on any atom is 0.223 e. The Labute approximate surface area is 142 Å². The highest BCUT2D eigenvalue weighted by Crippen LogP contribution is 2.26. The van der Waals surface area contributed by atoms with Gasteiger partial charge in [-0.05, 0) is 44.7 Å². The summed E-state index contributed by atoms with van der Waals surface area (Å²) in [5, 5.41) is 4.00. The largest absolute Gasteiger partial charge is 0.361 e. The molecule has 0 aliphatic carbocycles. The molecule has 24 heavy (non-hydrogen) atoms. The highest BCUT2D eigenvalue weighted by molar-refractivity contribution is 5.76. The summed E-state index contributed by atoms with van der Waals surface area (Å²) < 4.78 is 5.24. The molecule has 1 atom stereocenters. The van der Waals surface area contributed by atoms with Crippen LogP contribution in [0.2, 0.25) is 0 Å². The van der Waals surface area contributed by atoms with Crippen molar-refractivity contribution in [3.63, 3.8) is 0 Å². The van der Waals surface area contributed by atoms with Crippen LogP contribution < -0.4 is 5.73 Å². The van der Waals surface area contributed by atoms with E-state index in [1.165, 1.54) is 0 Å². The highest BCUT2D eigenvalue weighted by Gasteiger charge is 2.26. The molecule has 3 rings (SSSR count). The van der Waals surface area contributed by atoms with Gasteiger partial charge in [0.15, 0.2) is 0 Å². The van der Waals surface area contributed by atoms with Gasteiger partial charge in [-0.25, -0.2) is 0 Å². The quantitative estimate of drug-likeness (QED) is 0.908. The van der Waals surface area contributed by atoms with Crippen molar-refractivity contribution >= 4 is 5.91 Å². The van der Waals surface area contributed by atoms with Crippen LogP contribution in [0.15, 0.2) is 22.7 Å². The zero-order valence-corrected chi connectivity index (χ0v) is 14.3. The number of likely N-dealkylation sites (tertiary alicyclic amines) is 1. The summed E-state index contributed by atoms with van der Waals surface area (Å²) in [6.45, 7) is 5.88. The molecular formula is C18H24N4O2. The van der Waals surface area contributed by atoms with E-state index in [0.717, 1.165) is 54.3 Å². The van der Waals surface area contributed by atoms with Crippen LogP contribution in [-0.4, -0.2) is 40.6 Å². The molecule has 0 radical (unpaired) electrons. The molecule has 6 heteroatoms. The van der Waals surface area contributed by atoms with Crippen LogP contribution in [0, 0.1) is 19.8 Å². The second-order valence-corrected chi connectivity index (χ2v) is 6.45. The van der Waals surface area contributed by atoms with Gasteiger partial charge in [0.1, 0.15) is 5.76 Å². The molecule has 2 aromatic rings. The second-order valence-electron chi connectivity index (χ2n) is 6.45. The van der Waals surface area contributed by atoms with Crippen molar-refractivity contribution < 1.29 is 9.32 Å². The van der Waals surface area contributed by atoms with Crippen LogP contribution in [0.1, 0.15) is 30.0 Å². The molecule has 1 unspecified atom stereocenters. The van der Waals surface area contributed by atoms with Crippen LogP contribution in [-0.2, 0) is 11.2 Å². The minimum absolute atomic E-state index is 0.164. The second kappa shape index (κ2) is 7.13. The van der Waals surface area contributed by atoms with E-state index < -0.39 is 0 Å². The Morgan fingerprint density at radius 1 is 1.42 bits per heavy atom. The number of nitrogens with zero attached hydrogens (tertiary/aromatic N) is 3. The standard InChI is InChI=1S/C18H24N4O2/c1-12-18(13(2)24-21-12)16-5-3-4-15(20-16)10-14-7-9-22(11-14)17(23)6-8-19/h3-5,14H,6-11,19H2,1-2H3. The first-order valence-electron chi connectivity index (χ1n) is 8.45. The average molecular weight is 328 g/mol.